The Hall–Kier alpha value is -1.20. The number of aryl methyl sites for hydroxylation is 1. The molecule has 0 aliphatic heterocycles. The van der Waals surface area contributed by atoms with Gasteiger partial charge in [-0.2, -0.15) is 11.3 Å². The topological polar surface area (TPSA) is 42.0 Å². The number of nitrogens with zero attached hydrogens (tertiary/aromatic N) is 1. The van der Waals surface area contributed by atoms with Crippen LogP contribution in [0.5, 0.6) is 0 Å². The van der Waals surface area contributed by atoms with Crippen LogP contribution >= 0.6 is 22.7 Å². The van der Waals surface area contributed by atoms with Gasteiger partial charge < -0.3 is 5.32 Å². The predicted molar refractivity (Wildman–Crippen MR) is 86.6 cm³/mol. The van der Waals surface area contributed by atoms with Crippen molar-refractivity contribution in [3.8, 4) is 10.6 Å². The molecule has 108 valence electrons. The van der Waals surface area contributed by atoms with Gasteiger partial charge in [0, 0.05) is 17.5 Å². The molecule has 2 aromatic rings. The minimum absolute atomic E-state index is 0.0120. The van der Waals surface area contributed by atoms with Gasteiger partial charge in [-0.15, -0.1) is 11.3 Å². The highest BCUT2D eigenvalue weighted by molar-refractivity contribution is 7.17. The summed E-state index contributed by atoms with van der Waals surface area (Å²) < 4.78 is 0. The Kier molecular flexibility index (Phi) is 5.73. The van der Waals surface area contributed by atoms with Crippen LogP contribution in [0.1, 0.15) is 48.0 Å². The average molecular weight is 308 g/mol. The van der Waals surface area contributed by atoms with Gasteiger partial charge in [-0.25, -0.2) is 4.98 Å². The molecule has 3 nitrogen and oxygen atoms in total. The molecule has 0 fully saturated rings. The van der Waals surface area contributed by atoms with Crippen LogP contribution in [-0.2, 0) is 0 Å². The summed E-state index contributed by atoms with van der Waals surface area (Å²) in [5.74, 6) is 0.0120. The van der Waals surface area contributed by atoms with Crippen LogP contribution in [0.4, 0.5) is 0 Å². The lowest BCUT2D eigenvalue weighted by atomic mass is 10.2. The molecule has 0 bridgehead atoms. The van der Waals surface area contributed by atoms with Gasteiger partial charge in [-0.05, 0) is 24.8 Å². The summed E-state index contributed by atoms with van der Waals surface area (Å²) in [6, 6.07) is 2.04. The second-order valence-electron chi connectivity index (χ2n) is 4.76. The van der Waals surface area contributed by atoms with E-state index >= 15 is 0 Å². The number of hydrogen-bond donors (Lipinski definition) is 1. The molecule has 0 unspecified atom stereocenters. The van der Waals surface area contributed by atoms with E-state index in [9.17, 15) is 4.79 Å². The van der Waals surface area contributed by atoms with E-state index < -0.39 is 0 Å². The quantitative estimate of drug-likeness (QED) is 0.766. The van der Waals surface area contributed by atoms with E-state index in [2.05, 4.69) is 22.6 Å². The van der Waals surface area contributed by atoms with E-state index in [1.165, 1.54) is 30.6 Å². The molecule has 0 saturated carbocycles. The maximum atomic E-state index is 12.1. The summed E-state index contributed by atoms with van der Waals surface area (Å²) in [5, 5.41) is 8.01. The number of carbonyl (C=O) groups is 1. The summed E-state index contributed by atoms with van der Waals surface area (Å²) in [5.41, 5.74) is 1.92. The van der Waals surface area contributed by atoms with Crippen molar-refractivity contribution in [2.75, 3.05) is 6.54 Å². The third kappa shape index (κ3) is 3.90. The maximum Gasteiger partial charge on any atom is 0.263 e. The molecule has 0 aliphatic carbocycles. The van der Waals surface area contributed by atoms with Gasteiger partial charge in [-0.3, -0.25) is 4.79 Å². The maximum absolute atomic E-state index is 12.1. The number of carbonyl (C=O) groups excluding carboxylic acids is 1. The Morgan fingerprint density at radius 3 is 2.90 bits per heavy atom. The summed E-state index contributed by atoms with van der Waals surface area (Å²) in [4.78, 5) is 17.4. The second kappa shape index (κ2) is 7.55. The Labute approximate surface area is 128 Å². The molecule has 20 heavy (non-hydrogen) atoms. The van der Waals surface area contributed by atoms with Gasteiger partial charge in [0.15, 0.2) is 0 Å². The van der Waals surface area contributed by atoms with Crippen LogP contribution in [0.3, 0.4) is 0 Å². The highest BCUT2D eigenvalue weighted by atomic mass is 32.1. The first-order chi connectivity index (χ1) is 9.72. The first kappa shape index (κ1) is 15.2. The van der Waals surface area contributed by atoms with Gasteiger partial charge in [0.1, 0.15) is 9.88 Å². The van der Waals surface area contributed by atoms with Crippen molar-refractivity contribution in [2.45, 2.75) is 39.5 Å². The first-order valence-electron chi connectivity index (χ1n) is 7.00. The van der Waals surface area contributed by atoms with E-state index in [0.717, 1.165) is 34.1 Å². The number of rotatable bonds is 7. The van der Waals surface area contributed by atoms with Crippen molar-refractivity contribution in [3.05, 3.63) is 27.4 Å². The fourth-order valence-corrected chi connectivity index (χ4v) is 3.64. The summed E-state index contributed by atoms with van der Waals surface area (Å²) >= 11 is 3.12. The Morgan fingerprint density at radius 2 is 2.20 bits per heavy atom. The van der Waals surface area contributed by atoms with Crippen LogP contribution in [0.2, 0.25) is 0 Å². The minimum atomic E-state index is 0.0120. The SMILES string of the molecule is CCCCCCNC(=O)c1sc(-c2ccsc2)nc1C. The number of thiophene rings is 1. The number of amides is 1. The molecule has 0 aliphatic rings. The smallest absolute Gasteiger partial charge is 0.263 e. The molecular weight excluding hydrogens is 288 g/mol. The monoisotopic (exact) mass is 308 g/mol. The van der Waals surface area contributed by atoms with Crippen LogP contribution in [-0.4, -0.2) is 17.4 Å². The highest BCUT2D eigenvalue weighted by Gasteiger charge is 2.15. The molecule has 0 atom stereocenters. The van der Waals surface area contributed by atoms with E-state index in [1.807, 2.05) is 18.4 Å². The molecule has 0 saturated heterocycles. The zero-order chi connectivity index (χ0) is 14.4. The number of hydrogen-bond acceptors (Lipinski definition) is 4. The largest absolute Gasteiger partial charge is 0.351 e. The number of unbranched alkanes of at least 4 members (excludes halogenated alkanes) is 3. The molecule has 0 aromatic carbocycles. The third-order valence-electron chi connectivity index (χ3n) is 3.09. The molecule has 2 aromatic heterocycles. The molecule has 5 heteroatoms. The summed E-state index contributed by atoms with van der Waals surface area (Å²) in [6.07, 6.45) is 4.68. The number of aromatic nitrogens is 1. The third-order valence-corrected chi connectivity index (χ3v) is 4.98. The summed E-state index contributed by atoms with van der Waals surface area (Å²) in [7, 11) is 0. The van der Waals surface area contributed by atoms with Crippen molar-refractivity contribution in [3.63, 3.8) is 0 Å². The molecule has 0 radical (unpaired) electrons. The zero-order valence-corrected chi connectivity index (χ0v) is 13.6. The number of nitrogens with one attached hydrogen (secondary N) is 1. The predicted octanol–water partition coefficient (Wildman–Crippen LogP) is 4.49. The van der Waals surface area contributed by atoms with Crippen molar-refractivity contribution in [2.24, 2.45) is 0 Å². The van der Waals surface area contributed by atoms with Crippen molar-refractivity contribution >= 4 is 28.6 Å². The fourth-order valence-electron chi connectivity index (χ4n) is 1.95. The Bertz CT molecular complexity index is 546. The van der Waals surface area contributed by atoms with Crippen LogP contribution in [0.25, 0.3) is 10.6 Å². The van der Waals surface area contributed by atoms with Gasteiger partial charge >= 0.3 is 0 Å². The van der Waals surface area contributed by atoms with Gasteiger partial charge in [0.05, 0.1) is 5.69 Å². The van der Waals surface area contributed by atoms with Crippen LogP contribution in [0, 0.1) is 6.92 Å². The Morgan fingerprint density at radius 1 is 1.35 bits per heavy atom. The van der Waals surface area contributed by atoms with Crippen molar-refractivity contribution in [1.82, 2.24) is 10.3 Å². The molecule has 1 amide bonds. The van der Waals surface area contributed by atoms with Crippen molar-refractivity contribution in [1.29, 1.82) is 0 Å². The first-order valence-corrected chi connectivity index (χ1v) is 8.76. The standard InChI is InChI=1S/C15H20N2OS2/c1-3-4-5-6-8-16-14(18)13-11(2)17-15(20-13)12-7-9-19-10-12/h7,9-10H,3-6,8H2,1-2H3,(H,16,18). The average Bonchev–Trinajstić information content (AvgIpc) is 3.07. The summed E-state index contributed by atoms with van der Waals surface area (Å²) in [6.45, 7) is 4.84. The minimum Gasteiger partial charge on any atom is -0.351 e. The van der Waals surface area contributed by atoms with Crippen LogP contribution < -0.4 is 5.32 Å². The molecule has 1 N–H and O–H groups in total. The van der Waals surface area contributed by atoms with Gasteiger partial charge in [-0.1, -0.05) is 26.2 Å². The number of thiazole rings is 1. The molecule has 0 spiro atoms. The fraction of sp³-hybridized carbons (Fsp3) is 0.467. The van der Waals surface area contributed by atoms with Crippen LogP contribution in [0.15, 0.2) is 16.8 Å². The van der Waals surface area contributed by atoms with E-state index in [0.29, 0.717) is 0 Å². The second-order valence-corrected chi connectivity index (χ2v) is 6.54. The van der Waals surface area contributed by atoms with Crippen molar-refractivity contribution < 1.29 is 4.79 Å². The molecule has 2 heterocycles. The lowest BCUT2D eigenvalue weighted by molar-refractivity contribution is 0.0956. The lowest BCUT2D eigenvalue weighted by Gasteiger charge is -2.03. The van der Waals surface area contributed by atoms with E-state index in [4.69, 9.17) is 0 Å². The van der Waals surface area contributed by atoms with E-state index in [-0.39, 0.29) is 5.91 Å². The van der Waals surface area contributed by atoms with Gasteiger partial charge in [0.25, 0.3) is 5.91 Å². The van der Waals surface area contributed by atoms with Gasteiger partial charge in [0.2, 0.25) is 0 Å². The molecular formula is C15H20N2OS2. The zero-order valence-electron chi connectivity index (χ0n) is 11.9. The molecule has 2 rings (SSSR count). The lowest BCUT2D eigenvalue weighted by Crippen LogP contribution is -2.24. The Balaban J connectivity index is 1.93. The van der Waals surface area contributed by atoms with E-state index in [1.54, 1.807) is 11.3 Å². The normalized spacial score (nSPS) is 10.7. The highest BCUT2D eigenvalue weighted by Crippen LogP contribution is 2.29.